The number of piperidine rings is 1. The van der Waals surface area contributed by atoms with Crippen LogP contribution in [0.1, 0.15) is 49.3 Å². The third-order valence-electron chi connectivity index (χ3n) is 7.66. The first-order valence-corrected chi connectivity index (χ1v) is 13.6. The Morgan fingerprint density at radius 2 is 1.65 bits per heavy atom. The van der Waals surface area contributed by atoms with Gasteiger partial charge in [0.25, 0.3) is 5.91 Å². The number of methoxy groups -OCH3 is 1. The van der Waals surface area contributed by atoms with Gasteiger partial charge in [0.05, 0.1) is 31.3 Å². The molecule has 37 heavy (non-hydrogen) atoms. The van der Waals surface area contributed by atoms with E-state index in [1.807, 2.05) is 48.5 Å². The summed E-state index contributed by atoms with van der Waals surface area (Å²) in [5.41, 5.74) is 4.29. The average molecular weight is 540 g/mol. The van der Waals surface area contributed by atoms with Crippen molar-refractivity contribution in [1.82, 2.24) is 9.91 Å². The predicted octanol–water partition coefficient (Wildman–Crippen LogP) is 6.00. The molecule has 0 aromatic heterocycles. The number of nitrogens with zero attached hydrogens (tertiary/aromatic N) is 3. The van der Waals surface area contributed by atoms with Gasteiger partial charge in [-0.3, -0.25) is 14.5 Å². The molecule has 6 nitrogen and oxygen atoms in total. The Balaban J connectivity index is 1.40. The first-order valence-electron chi connectivity index (χ1n) is 12.9. The van der Waals surface area contributed by atoms with Crippen LogP contribution in [0, 0.1) is 11.8 Å². The molecular formula is C29H31Cl2N3O3. The largest absolute Gasteiger partial charge is 0.469 e. The van der Waals surface area contributed by atoms with Gasteiger partial charge in [-0.25, -0.2) is 5.01 Å². The van der Waals surface area contributed by atoms with Crippen LogP contribution in [0.4, 0.5) is 0 Å². The van der Waals surface area contributed by atoms with Gasteiger partial charge in [-0.1, -0.05) is 47.5 Å². The number of hydrazone groups is 1. The molecule has 2 aromatic carbocycles. The molecule has 2 aliphatic heterocycles. The van der Waals surface area contributed by atoms with Crippen LogP contribution >= 0.6 is 23.2 Å². The van der Waals surface area contributed by atoms with Crippen LogP contribution in [0.5, 0.6) is 0 Å². The second-order valence-electron chi connectivity index (χ2n) is 10.0. The number of halogens is 2. The van der Waals surface area contributed by atoms with Crippen molar-refractivity contribution in [3.63, 3.8) is 0 Å². The van der Waals surface area contributed by atoms with Gasteiger partial charge in [-0.15, -0.1) is 0 Å². The Bertz CT molecular complexity index is 1200. The fourth-order valence-corrected chi connectivity index (χ4v) is 5.97. The molecule has 1 aliphatic carbocycles. The van der Waals surface area contributed by atoms with Gasteiger partial charge >= 0.3 is 5.97 Å². The summed E-state index contributed by atoms with van der Waals surface area (Å²) in [5, 5.41) is 8.06. The van der Waals surface area contributed by atoms with E-state index in [2.05, 4.69) is 11.0 Å². The number of likely N-dealkylation sites (tertiary alicyclic amines) is 1. The standard InChI is InChI=1S/C29H31Cl2N3O3/c1-37-29(36)21-13-15-33(16-14-21)18-26(35)34-28(20-7-11-24(31)12-8-20)25-4-2-3-22(27(25)32-34)17-19-5-9-23(30)10-6-19/h5-12,17,21,25,28H,2-4,13-16,18H2,1H3/b22-17-. The maximum Gasteiger partial charge on any atom is 0.308 e. The van der Waals surface area contributed by atoms with E-state index >= 15 is 0 Å². The first kappa shape index (κ1) is 26.0. The highest BCUT2D eigenvalue weighted by molar-refractivity contribution is 6.30. The Labute approximate surface area is 227 Å². The lowest BCUT2D eigenvalue weighted by Crippen LogP contribution is -2.43. The number of hydrogen-bond donors (Lipinski definition) is 0. The lowest BCUT2D eigenvalue weighted by Gasteiger charge is -2.33. The SMILES string of the molecule is COC(=O)C1CCN(CC(=O)N2N=C3/C(=C\c4ccc(Cl)cc4)CCCC3C2c2ccc(Cl)cc2)CC1. The number of fused-ring (bicyclic) bond motifs is 1. The molecule has 2 fully saturated rings. The van der Waals surface area contributed by atoms with Crippen molar-refractivity contribution >= 4 is 46.9 Å². The van der Waals surface area contributed by atoms with Crippen molar-refractivity contribution in [2.24, 2.45) is 16.9 Å². The monoisotopic (exact) mass is 539 g/mol. The maximum atomic E-state index is 13.7. The number of hydrogen-bond acceptors (Lipinski definition) is 5. The number of amides is 1. The lowest BCUT2D eigenvalue weighted by molar-refractivity contribution is -0.147. The molecule has 1 amide bonds. The summed E-state index contributed by atoms with van der Waals surface area (Å²) in [5.74, 6) is -0.149. The van der Waals surface area contributed by atoms with Gasteiger partial charge in [0, 0.05) is 16.0 Å². The summed E-state index contributed by atoms with van der Waals surface area (Å²) < 4.78 is 4.90. The molecule has 2 atom stereocenters. The number of carbonyl (C=O) groups excluding carboxylic acids is 2. The van der Waals surface area contributed by atoms with Crippen LogP contribution in [0.15, 0.2) is 59.2 Å². The Morgan fingerprint density at radius 1 is 1.00 bits per heavy atom. The lowest BCUT2D eigenvalue weighted by atomic mass is 9.77. The van der Waals surface area contributed by atoms with Crippen LogP contribution in [-0.2, 0) is 14.3 Å². The fourth-order valence-electron chi connectivity index (χ4n) is 5.72. The smallest absolute Gasteiger partial charge is 0.308 e. The minimum atomic E-state index is -0.165. The highest BCUT2D eigenvalue weighted by Crippen LogP contribution is 2.44. The van der Waals surface area contributed by atoms with Crippen LogP contribution < -0.4 is 0 Å². The molecule has 2 unspecified atom stereocenters. The highest BCUT2D eigenvalue weighted by Gasteiger charge is 2.44. The number of ether oxygens (including phenoxy) is 1. The molecule has 3 aliphatic rings. The predicted molar refractivity (Wildman–Crippen MR) is 146 cm³/mol. The topological polar surface area (TPSA) is 62.2 Å². The molecule has 0 N–H and O–H groups in total. The summed E-state index contributed by atoms with van der Waals surface area (Å²) in [6.45, 7) is 1.65. The number of rotatable bonds is 5. The van der Waals surface area contributed by atoms with Gasteiger partial charge in [0.2, 0.25) is 0 Å². The number of benzene rings is 2. The number of esters is 1. The van der Waals surface area contributed by atoms with Crippen LogP contribution in [0.3, 0.4) is 0 Å². The van der Waals surface area contributed by atoms with Crippen molar-refractivity contribution in [2.75, 3.05) is 26.7 Å². The van der Waals surface area contributed by atoms with Crippen LogP contribution in [0.25, 0.3) is 6.08 Å². The van der Waals surface area contributed by atoms with E-state index in [-0.39, 0.29) is 36.3 Å². The third-order valence-corrected chi connectivity index (χ3v) is 8.16. The molecule has 8 heteroatoms. The Kier molecular flexibility index (Phi) is 7.98. The van der Waals surface area contributed by atoms with Gasteiger partial charge in [-0.05, 0) is 92.2 Å². The molecular weight excluding hydrogens is 509 g/mol. The number of allylic oxidation sites excluding steroid dienone is 1. The zero-order valence-electron chi connectivity index (χ0n) is 20.9. The van der Waals surface area contributed by atoms with Gasteiger partial charge in [-0.2, -0.15) is 5.10 Å². The molecule has 2 heterocycles. The fraction of sp³-hybridized carbons (Fsp3) is 0.414. The Morgan fingerprint density at radius 3 is 2.30 bits per heavy atom. The summed E-state index contributed by atoms with van der Waals surface area (Å²) in [6, 6.07) is 15.4. The quantitative estimate of drug-likeness (QED) is 0.437. The van der Waals surface area contributed by atoms with Crippen molar-refractivity contribution < 1.29 is 14.3 Å². The third kappa shape index (κ3) is 5.77. The van der Waals surface area contributed by atoms with Gasteiger partial charge in [0.15, 0.2) is 0 Å². The normalized spacial score (nSPS) is 23.6. The molecule has 1 saturated carbocycles. The van der Waals surface area contributed by atoms with E-state index < -0.39 is 0 Å². The van der Waals surface area contributed by atoms with Gasteiger partial charge in [0.1, 0.15) is 0 Å². The van der Waals surface area contributed by atoms with Crippen molar-refractivity contribution in [1.29, 1.82) is 0 Å². The molecule has 1 saturated heterocycles. The average Bonchev–Trinajstić information content (AvgIpc) is 3.31. The van der Waals surface area contributed by atoms with Crippen LogP contribution in [-0.4, -0.2) is 54.2 Å². The summed E-state index contributed by atoms with van der Waals surface area (Å²) in [4.78, 5) is 27.7. The molecule has 194 valence electrons. The van der Waals surface area contributed by atoms with E-state index in [1.165, 1.54) is 12.7 Å². The molecule has 0 radical (unpaired) electrons. The van der Waals surface area contributed by atoms with Crippen LogP contribution in [0.2, 0.25) is 10.0 Å². The summed E-state index contributed by atoms with van der Waals surface area (Å²) in [7, 11) is 1.43. The van der Waals surface area contributed by atoms with E-state index in [4.69, 9.17) is 33.0 Å². The van der Waals surface area contributed by atoms with Crippen molar-refractivity contribution in [2.45, 2.75) is 38.1 Å². The molecule has 0 bridgehead atoms. The van der Waals surface area contributed by atoms with Gasteiger partial charge < -0.3 is 4.74 Å². The maximum absolute atomic E-state index is 13.7. The van der Waals surface area contributed by atoms with E-state index in [9.17, 15) is 9.59 Å². The van der Waals surface area contributed by atoms with E-state index in [1.54, 1.807) is 5.01 Å². The van der Waals surface area contributed by atoms with Crippen molar-refractivity contribution in [3.05, 3.63) is 75.3 Å². The minimum absolute atomic E-state index is 0.0239. The Hall–Kier alpha value is -2.67. The van der Waals surface area contributed by atoms with E-state index in [0.29, 0.717) is 36.0 Å². The molecule has 0 spiro atoms. The van der Waals surface area contributed by atoms with Crippen molar-refractivity contribution in [3.8, 4) is 0 Å². The van der Waals surface area contributed by atoms with E-state index in [0.717, 1.165) is 36.1 Å². The summed E-state index contributed by atoms with van der Waals surface area (Å²) >= 11 is 12.3. The molecule has 5 rings (SSSR count). The first-order chi connectivity index (χ1) is 17.9. The summed E-state index contributed by atoms with van der Waals surface area (Å²) in [6.07, 6.45) is 6.51. The minimum Gasteiger partial charge on any atom is -0.469 e. The highest BCUT2D eigenvalue weighted by atomic mass is 35.5. The second-order valence-corrected chi connectivity index (χ2v) is 10.9. The molecule has 2 aromatic rings. The second kappa shape index (κ2) is 11.4. The number of carbonyl (C=O) groups is 2. The zero-order chi connectivity index (χ0) is 25.9. The zero-order valence-corrected chi connectivity index (χ0v) is 22.4.